The van der Waals surface area contributed by atoms with Crippen LogP contribution in [0.3, 0.4) is 0 Å². The van der Waals surface area contributed by atoms with Crippen molar-refractivity contribution < 1.29 is 18.8 Å². The van der Waals surface area contributed by atoms with Gasteiger partial charge in [0, 0.05) is 22.6 Å². The Morgan fingerprint density at radius 2 is 1.26 bits per heavy atom. The van der Waals surface area contributed by atoms with E-state index in [4.69, 9.17) is 11.6 Å². The number of carbonyl (C=O) groups is 3. The highest BCUT2D eigenvalue weighted by atomic mass is 35.5. The standard InChI is InChI=1S/C27H41ClFNO3S/c1-7-13-18(10-4)25(31)30(26(32)19(11-5)14-8-2)23-17-24(21(28)16-22(23)29)34-27(33)20(12-6)15-9-3/h16-20H,7-15H2,1-6H3. The molecule has 1 rings (SSSR count). The third kappa shape index (κ3) is 8.08. The molecular formula is C27H41ClFNO3S. The van der Waals surface area contributed by atoms with E-state index in [2.05, 4.69) is 0 Å². The Morgan fingerprint density at radius 3 is 1.68 bits per heavy atom. The van der Waals surface area contributed by atoms with Gasteiger partial charge in [0.15, 0.2) is 5.12 Å². The van der Waals surface area contributed by atoms with E-state index in [1.807, 2.05) is 41.5 Å². The Hall–Kier alpha value is -1.40. The van der Waals surface area contributed by atoms with Crippen molar-refractivity contribution in [3.8, 4) is 0 Å². The normalized spacial score (nSPS) is 13.9. The Morgan fingerprint density at radius 1 is 0.824 bits per heavy atom. The van der Waals surface area contributed by atoms with Crippen LogP contribution in [0.4, 0.5) is 10.1 Å². The molecule has 1 aromatic rings. The van der Waals surface area contributed by atoms with Gasteiger partial charge < -0.3 is 0 Å². The van der Waals surface area contributed by atoms with Crippen molar-refractivity contribution in [2.24, 2.45) is 17.8 Å². The van der Waals surface area contributed by atoms with Gasteiger partial charge in [-0.3, -0.25) is 14.4 Å². The predicted molar refractivity (Wildman–Crippen MR) is 141 cm³/mol. The fraction of sp³-hybridized carbons (Fsp3) is 0.667. The Kier molecular flexibility index (Phi) is 14.0. The summed E-state index contributed by atoms with van der Waals surface area (Å²) in [5.41, 5.74) is -0.109. The van der Waals surface area contributed by atoms with Crippen LogP contribution in [0.2, 0.25) is 5.02 Å². The molecule has 0 fully saturated rings. The average Bonchev–Trinajstić information content (AvgIpc) is 2.81. The zero-order valence-electron chi connectivity index (χ0n) is 21.6. The summed E-state index contributed by atoms with van der Waals surface area (Å²) in [4.78, 5) is 41.4. The van der Waals surface area contributed by atoms with Crippen molar-refractivity contribution in [1.82, 2.24) is 0 Å². The van der Waals surface area contributed by atoms with Gasteiger partial charge in [-0.05, 0) is 62.4 Å². The molecule has 0 radical (unpaired) electrons. The summed E-state index contributed by atoms with van der Waals surface area (Å²) < 4.78 is 15.3. The second-order valence-electron chi connectivity index (χ2n) is 8.85. The Labute approximate surface area is 214 Å². The predicted octanol–water partition coefficient (Wildman–Crippen LogP) is 8.44. The number of rotatable bonds is 14. The van der Waals surface area contributed by atoms with Gasteiger partial charge >= 0.3 is 0 Å². The van der Waals surface area contributed by atoms with Crippen molar-refractivity contribution in [3.05, 3.63) is 23.0 Å². The van der Waals surface area contributed by atoms with Crippen LogP contribution in [0.5, 0.6) is 0 Å². The van der Waals surface area contributed by atoms with Crippen molar-refractivity contribution in [3.63, 3.8) is 0 Å². The number of carbonyl (C=O) groups excluding carboxylic acids is 3. The summed E-state index contributed by atoms with van der Waals surface area (Å²) in [6.07, 6.45) is 6.29. The minimum Gasteiger partial charge on any atom is -0.287 e. The van der Waals surface area contributed by atoms with Gasteiger partial charge in [0.25, 0.3) is 0 Å². The van der Waals surface area contributed by atoms with Crippen molar-refractivity contribution in [2.75, 3.05) is 4.90 Å². The number of nitrogens with zero attached hydrogens (tertiary/aromatic N) is 1. The van der Waals surface area contributed by atoms with Crippen LogP contribution in [0, 0.1) is 23.6 Å². The van der Waals surface area contributed by atoms with E-state index in [-0.39, 0.29) is 45.4 Å². The maximum atomic E-state index is 15.3. The first-order valence-electron chi connectivity index (χ1n) is 12.8. The lowest BCUT2D eigenvalue weighted by Crippen LogP contribution is -2.44. The second kappa shape index (κ2) is 15.6. The van der Waals surface area contributed by atoms with Gasteiger partial charge in [0.05, 0.1) is 10.7 Å². The van der Waals surface area contributed by atoms with E-state index in [0.717, 1.165) is 48.4 Å². The van der Waals surface area contributed by atoms with Crippen LogP contribution in [0.1, 0.15) is 99.3 Å². The molecule has 0 heterocycles. The SMILES string of the molecule is CCCC(CC)C(=O)Sc1cc(N(C(=O)C(CC)CCC)C(=O)C(CC)CCC)c(F)cc1Cl. The number of thioether (sulfide) groups is 1. The maximum Gasteiger partial charge on any atom is 0.236 e. The van der Waals surface area contributed by atoms with Gasteiger partial charge in [0.2, 0.25) is 11.8 Å². The number of amides is 2. The van der Waals surface area contributed by atoms with Gasteiger partial charge in [-0.15, -0.1) is 0 Å². The van der Waals surface area contributed by atoms with Crippen LogP contribution in [-0.2, 0) is 14.4 Å². The van der Waals surface area contributed by atoms with Crippen LogP contribution < -0.4 is 4.90 Å². The Balaban J connectivity index is 3.55. The Bertz CT molecular complexity index is 806. The highest BCUT2D eigenvalue weighted by molar-refractivity contribution is 8.13. The van der Waals surface area contributed by atoms with Crippen molar-refractivity contribution in [2.45, 2.75) is 104 Å². The largest absolute Gasteiger partial charge is 0.287 e. The fourth-order valence-corrected chi connectivity index (χ4v) is 5.47. The second-order valence-corrected chi connectivity index (χ2v) is 10.3. The molecule has 2 amide bonds. The summed E-state index contributed by atoms with van der Waals surface area (Å²) in [5, 5.41) is 0.0647. The molecule has 0 aliphatic carbocycles. The lowest BCUT2D eigenvalue weighted by atomic mass is 9.95. The van der Waals surface area contributed by atoms with Gasteiger partial charge in [-0.2, -0.15) is 0 Å². The molecule has 34 heavy (non-hydrogen) atoms. The number of hydrogen-bond acceptors (Lipinski definition) is 4. The van der Waals surface area contributed by atoms with Crippen LogP contribution in [-0.4, -0.2) is 16.9 Å². The van der Waals surface area contributed by atoms with Gasteiger partial charge in [-0.25, -0.2) is 9.29 Å². The van der Waals surface area contributed by atoms with Crippen LogP contribution in [0.15, 0.2) is 17.0 Å². The molecule has 3 atom stereocenters. The lowest BCUT2D eigenvalue weighted by molar-refractivity contribution is -0.131. The topological polar surface area (TPSA) is 54.5 Å². The molecule has 0 saturated heterocycles. The summed E-state index contributed by atoms with van der Waals surface area (Å²) in [6.45, 7) is 11.8. The average molecular weight is 514 g/mol. The van der Waals surface area contributed by atoms with E-state index in [1.54, 1.807) is 0 Å². The third-order valence-corrected chi connectivity index (χ3v) is 7.83. The summed E-state index contributed by atoms with van der Waals surface area (Å²) in [6, 6.07) is 2.52. The molecule has 4 nitrogen and oxygen atoms in total. The van der Waals surface area contributed by atoms with E-state index in [9.17, 15) is 14.4 Å². The molecule has 0 N–H and O–H groups in total. The number of anilines is 1. The minimum absolute atomic E-state index is 0.0390. The van der Waals surface area contributed by atoms with E-state index in [1.165, 1.54) is 6.07 Å². The van der Waals surface area contributed by atoms with Crippen LogP contribution >= 0.6 is 23.4 Å². The molecule has 0 spiro atoms. The number of benzene rings is 1. The molecular weight excluding hydrogens is 473 g/mol. The monoisotopic (exact) mass is 513 g/mol. The molecule has 0 bridgehead atoms. The minimum atomic E-state index is -0.734. The van der Waals surface area contributed by atoms with E-state index < -0.39 is 5.82 Å². The zero-order valence-corrected chi connectivity index (χ0v) is 23.2. The van der Waals surface area contributed by atoms with Gasteiger partial charge in [0.1, 0.15) is 5.82 Å². The smallest absolute Gasteiger partial charge is 0.236 e. The molecule has 3 unspecified atom stereocenters. The highest BCUT2D eigenvalue weighted by Gasteiger charge is 2.34. The highest BCUT2D eigenvalue weighted by Crippen LogP contribution is 2.37. The fourth-order valence-electron chi connectivity index (χ4n) is 4.21. The molecule has 192 valence electrons. The number of halogens is 2. The molecule has 1 aromatic carbocycles. The molecule has 0 aliphatic heterocycles. The van der Waals surface area contributed by atoms with E-state index in [0.29, 0.717) is 37.0 Å². The summed E-state index contributed by atoms with van der Waals surface area (Å²) in [7, 11) is 0. The first-order chi connectivity index (χ1) is 16.2. The number of imide groups is 1. The quantitative estimate of drug-likeness (QED) is 0.234. The van der Waals surface area contributed by atoms with Crippen molar-refractivity contribution in [1.29, 1.82) is 0 Å². The molecule has 0 aliphatic rings. The summed E-state index contributed by atoms with van der Waals surface area (Å²) >= 11 is 7.28. The molecule has 7 heteroatoms. The molecule has 0 aromatic heterocycles. The summed E-state index contributed by atoms with van der Waals surface area (Å²) in [5.74, 6) is -2.39. The van der Waals surface area contributed by atoms with Gasteiger partial charge in [-0.1, -0.05) is 72.4 Å². The number of hydrogen-bond donors (Lipinski definition) is 0. The molecule has 0 saturated carbocycles. The first-order valence-corrected chi connectivity index (χ1v) is 14.0. The van der Waals surface area contributed by atoms with E-state index >= 15 is 4.39 Å². The van der Waals surface area contributed by atoms with Crippen LogP contribution in [0.25, 0.3) is 0 Å². The third-order valence-electron chi connectivity index (χ3n) is 6.32. The maximum absolute atomic E-state index is 15.3. The first kappa shape index (κ1) is 30.6. The van der Waals surface area contributed by atoms with Crippen molar-refractivity contribution >= 4 is 46.0 Å². The zero-order chi connectivity index (χ0) is 25.8. The lowest BCUT2D eigenvalue weighted by Gasteiger charge is -2.29.